The molecule has 1 aromatic rings. The van der Waals surface area contributed by atoms with Gasteiger partial charge >= 0.3 is 0 Å². The van der Waals surface area contributed by atoms with Crippen LogP contribution in [0.25, 0.3) is 0 Å². The molecule has 106 valence electrons. The molecule has 3 nitrogen and oxygen atoms in total. The van der Waals surface area contributed by atoms with E-state index in [0.717, 1.165) is 48.1 Å². The summed E-state index contributed by atoms with van der Waals surface area (Å²) in [5.41, 5.74) is 1.83. The van der Waals surface area contributed by atoms with Gasteiger partial charge in [-0.2, -0.15) is 0 Å². The maximum absolute atomic E-state index is 10.2. The van der Waals surface area contributed by atoms with Crippen molar-refractivity contribution in [3.8, 4) is 5.75 Å². The van der Waals surface area contributed by atoms with Crippen molar-refractivity contribution in [2.75, 3.05) is 20.2 Å². The van der Waals surface area contributed by atoms with Gasteiger partial charge in [-0.15, -0.1) is 0 Å². The van der Waals surface area contributed by atoms with E-state index in [1.807, 2.05) is 19.1 Å². The molecule has 19 heavy (non-hydrogen) atoms. The molecule has 1 aromatic carbocycles. The summed E-state index contributed by atoms with van der Waals surface area (Å²) in [6.07, 6.45) is 2.24. The van der Waals surface area contributed by atoms with E-state index in [1.165, 1.54) is 0 Å². The van der Waals surface area contributed by atoms with Gasteiger partial charge in [0.05, 0.1) is 5.60 Å². The maximum Gasteiger partial charge on any atom is 0.123 e. The quantitative estimate of drug-likeness (QED) is 0.922. The molecule has 0 saturated carbocycles. The lowest BCUT2D eigenvalue weighted by atomic mass is 9.94. The van der Waals surface area contributed by atoms with Crippen molar-refractivity contribution in [1.82, 2.24) is 4.90 Å². The van der Waals surface area contributed by atoms with Gasteiger partial charge in [0, 0.05) is 30.2 Å². The van der Waals surface area contributed by atoms with Crippen LogP contribution in [0.15, 0.2) is 16.6 Å². The summed E-state index contributed by atoms with van der Waals surface area (Å²) in [6, 6.07) is 3.94. The molecule has 1 saturated heterocycles. The maximum atomic E-state index is 10.2. The molecule has 1 unspecified atom stereocenters. The number of phenolic OH excluding ortho intramolecular Hbond substituents is 1. The van der Waals surface area contributed by atoms with Gasteiger partial charge in [-0.1, -0.05) is 15.9 Å². The van der Waals surface area contributed by atoms with Gasteiger partial charge in [-0.3, -0.25) is 4.90 Å². The van der Waals surface area contributed by atoms with Crippen molar-refractivity contribution in [2.45, 2.75) is 38.8 Å². The molecule has 0 aromatic heterocycles. The van der Waals surface area contributed by atoms with Gasteiger partial charge in [0.2, 0.25) is 0 Å². The topological polar surface area (TPSA) is 32.7 Å². The molecular formula is C15H22BrNO2. The molecule has 0 bridgehead atoms. The van der Waals surface area contributed by atoms with Crippen LogP contribution in [0.5, 0.6) is 5.75 Å². The second kappa shape index (κ2) is 5.81. The molecule has 0 aliphatic carbocycles. The van der Waals surface area contributed by atoms with Gasteiger partial charge in [0.15, 0.2) is 0 Å². The number of aromatic hydroxyl groups is 1. The smallest absolute Gasteiger partial charge is 0.123 e. The number of piperidine rings is 1. The summed E-state index contributed by atoms with van der Waals surface area (Å²) >= 11 is 3.49. The third kappa shape index (κ3) is 3.50. The highest BCUT2D eigenvalue weighted by Crippen LogP contribution is 2.30. The Kier molecular flexibility index (Phi) is 4.54. The van der Waals surface area contributed by atoms with Crippen molar-refractivity contribution in [3.63, 3.8) is 0 Å². The molecule has 4 heteroatoms. The summed E-state index contributed by atoms with van der Waals surface area (Å²) in [4.78, 5) is 2.36. The fourth-order valence-electron chi connectivity index (χ4n) is 2.78. The number of likely N-dealkylation sites (tertiary alicyclic amines) is 1. The minimum absolute atomic E-state index is 0.0606. The minimum atomic E-state index is -0.0606. The first kappa shape index (κ1) is 14.8. The van der Waals surface area contributed by atoms with Crippen LogP contribution in [0.1, 0.15) is 30.9 Å². The number of phenols is 1. The van der Waals surface area contributed by atoms with Crippen LogP contribution in [-0.2, 0) is 11.3 Å². The number of halogens is 1. The zero-order chi connectivity index (χ0) is 14.0. The molecule has 2 rings (SSSR count). The Bertz CT molecular complexity index is 464. The summed E-state index contributed by atoms with van der Waals surface area (Å²) in [7, 11) is 1.78. The first-order valence-electron chi connectivity index (χ1n) is 6.69. The molecule has 1 atom stereocenters. The molecule has 1 aliphatic rings. The Hall–Kier alpha value is -0.580. The Morgan fingerprint density at radius 1 is 1.47 bits per heavy atom. The number of nitrogens with zero attached hydrogens (tertiary/aromatic N) is 1. The van der Waals surface area contributed by atoms with E-state index in [-0.39, 0.29) is 5.60 Å². The van der Waals surface area contributed by atoms with Crippen molar-refractivity contribution in [3.05, 3.63) is 27.7 Å². The van der Waals surface area contributed by atoms with Crippen LogP contribution in [-0.4, -0.2) is 35.8 Å². The van der Waals surface area contributed by atoms with Crippen molar-refractivity contribution < 1.29 is 9.84 Å². The third-order valence-corrected chi connectivity index (χ3v) is 4.43. The van der Waals surface area contributed by atoms with Gasteiger partial charge in [0.1, 0.15) is 5.75 Å². The summed E-state index contributed by atoms with van der Waals surface area (Å²) in [5.74, 6) is 0.410. The number of hydrogen-bond acceptors (Lipinski definition) is 3. The van der Waals surface area contributed by atoms with Crippen molar-refractivity contribution in [1.29, 1.82) is 0 Å². The SMILES string of the molecule is COC1(C)CCCN(Cc2cc(Br)cc(C)c2O)C1. The summed E-state index contributed by atoms with van der Waals surface area (Å²) in [5, 5.41) is 10.2. The highest BCUT2D eigenvalue weighted by molar-refractivity contribution is 9.10. The van der Waals surface area contributed by atoms with Crippen LogP contribution in [0, 0.1) is 6.92 Å². The fourth-order valence-corrected chi connectivity index (χ4v) is 3.40. The number of rotatable bonds is 3. The average Bonchev–Trinajstić information content (AvgIpc) is 2.35. The Morgan fingerprint density at radius 3 is 2.89 bits per heavy atom. The van der Waals surface area contributed by atoms with Crippen molar-refractivity contribution >= 4 is 15.9 Å². The van der Waals surface area contributed by atoms with E-state index in [4.69, 9.17) is 4.74 Å². The van der Waals surface area contributed by atoms with E-state index < -0.39 is 0 Å². The predicted octanol–water partition coefficient (Wildman–Crippen LogP) is 3.46. The van der Waals surface area contributed by atoms with E-state index in [1.54, 1.807) is 7.11 Å². The van der Waals surface area contributed by atoms with E-state index >= 15 is 0 Å². The molecule has 1 fully saturated rings. The molecule has 0 amide bonds. The van der Waals surface area contributed by atoms with Crippen LogP contribution < -0.4 is 0 Å². The lowest BCUT2D eigenvalue weighted by Gasteiger charge is -2.39. The van der Waals surface area contributed by atoms with Gasteiger partial charge in [0.25, 0.3) is 0 Å². The first-order valence-corrected chi connectivity index (χ1v) is 7.48. The largest absolute Gasteiger partial charge is 0.507 e. The molecule has 1 heterocycles. The molecule has 0 spiro atoms. The van der Waals surface area contributed by atoms with Crippen molar-refractivity contribution in [2.24, 2.45) is 0 Å². The summed E-state index contributed by atoms with van der Waals surface area (Å²) < 4.78 is 6.63. The standard InChI is InChI=1S/C15H22BrNO2/c1-11-7-13(16)8-12(14(11)18)9-17-6-4-5-15(2,10-17)19-3/h7-8,18H,4-6,9-10H2,1-3H3. The van der Waals surface area contributed by atoms with E-state index in [2.05, 4.69) is 27.8 Å². The van der Waals surface area contributed by atoms with Crippen LogP contribution in [0.4, 0.5) is 0 Å². The lowest BCUT2D eigenvalue weighted by Crippen LogP contribution is -2.46. The second-order valence-corrected chi connectivity index (χ2v) is 6.61. The number of benzene rings is 1. The van der Waals surface area contributed by atoms with E-state index in [9.17, 15) is 5.11 Å². The fraction of sp³-hybridized carbons (Fsp3) is 0.600. The minimum Gasteiger partial charge on any atom is -0.507 e. The highest BCUT2D eigenvalue weighted by Gasteiger charge is 2.30. The van der Waals surface area contributed by atoms with E-state index in [0.29, 0.717) is 5.75 Å². The first-order chi connectivity index (χ1) is 8.93. The Labute approximate surface area is 123 Å². The predicted molar refractivity (Wildman–Crippen MR) is 80.5 cm³/mol. The average molecular weight is 328 g/mol. The van der Waals surface area contributed by atoms with Gasteiger partial charge < -0.3 is 9.84 Å². The van der Waals surface area contributed by atoms with Crippen LogP contribution in [0.3, 0.4) is 0 Å². The zero-order valence-electron chi connectivity index (χ0n) is 11.9. The zero-order valence-corrected chi connectivity index (χ0v) is 13.5. The molecular weight excluding hydrogens is 306 g/mol. The summed E-state index contributed by atoms with van der Waals surface area (Å²) in [6.45, 7) is 6.83. The second-order valence-electron chi connectivity index (χ2n) is 5.70. The van der Waals surface area contributed by atoms with Gasteiger partial charge in [-0.25, -0.2) is 0 Å². The van der Waals surface area contributed by atoms with Crippen LogP contribution in [0.2, 0.25) is 0 Å². The highest BCUT2D eigenvalue weighted by atomic mass is 79.9. The lowest BCUT2D eigenvalue weighted by molar-refractivity contribution is -0.0528. The van der Waals surface area contributed by atoms with Crippen LogP contribution >= 0.6 is 15.9 Å². The Morgan fingerprint density at radius 2 is 2.21 bits per heavy atom. The normalized spacial score (nSPS) is 24.6. The molecule has 1 N–H and O–H groups in total. The number of aryl methyl sites for hydroxylation is 1. The molecule has 0 radical (unpaired) electrons. The number of methoxy groups -OCH3 is 1. The Balaban J connectivity index is 2.13. The number of ether oxygens (including phenoxy) is 1. The third-order valence-electron chi connectivity index (χ3n) is 3.97. The molecule has 1 aliphatic heterocycles. The monoisotopic (exact) mass is 327 g/mol. The van der Waals surface area contributed by atoms with Gasteiger partial charge in [-0.05, 0) is 50.9 Å². The number of hydrogen-bond donors (Lipinski definition) is 1.